The molecule has 0 unspecified atom stereocenters. The van der Waals surface area contributed by atoms with Gasteiger partial charge >= 0.3 is 0 Å². The number of hydrogen-bond donors (Lipinski definition) is 2. The van der Waals surface area contributed by atoms with Gasteiger partial charge in [0.05, 0.1) is 10.7 Å². The van der Waals surface area contributed by atoms with Gasteiger partial charge in [0.15, 0.2) is 0 Å². The molecule has 0 saturated heterocycles. The molecular formula is C14H18Cl2N2O. The van der Waals surface area contributed by atoms with Gasteiger partial charge in [0.2, 0.25) is 5.91 Å². The van der Waals surface area contributed by atoms with Crippen LogP contribution in [0.15, 0.2) is 18.2 Å². The molecule has 0 spiro atoms. The van der Waals surface area contributed by atoms with Crippen molar-refractivity contribution in [3.63, 3.8) is 0 Å². The van der Waals surface area contributed by atoms with Gasteiger partial charge < -0.3 is 10.6 Å². The number of halogens is 2. The van der Waals surface area contributed by atoms with Crippen LogP contribution in [0.1, 0.15) is 32.1 Å². The molecule has 1 aromatic rings. The van der Waals surface area contributed by atoms with Crippen LogP contribution in [-0.4, -0.2) is 18.5 Å². The Morgan fingerprint density at radius 1 is 1.26 bits per heavy atom. The summed E-state index contributed by atoms with van der Waals surface area (Å²) < 4.78 is 0. The fraction of sp³-hybridized carbons (Fsp3) is 0.500. The maximum Gasteiger partial charge on any atom is 0.221 e. The summed E-state index contributed by atoms with van der Waals surface area (Å²) in [5, 5.41) is 7.42. The third kappa shape index (κ3) is 4.59. The summed E-state index contributed by atoms with van der Waals surface area (Å²) in [6.45, 7) is 0.554. The minimum Gasteiger partial charge on any atom is -0.383 e. The molecule has 1 saturated carbocycles. The zero-order chi connectivity index (χ0) is 13.7. The van der Waals surface area contributed by atoms with E-state index < -0.39 is 0 Å². The fourth-order valence-corrected chi connectivity index (χ4v) is 2.67. The number of rotatable bonds is 5. The second kappa shape index (κ2) is 7.01. The molecule has 0 bridgehead atoms. The molecule has 1 amide bonds. The first-order valence-electron chi connectivity index (χ1n) is 6.63. The number of carbonyl (C=O) groups excluding carboxylic acids is 1. The Bertz CT molecular complexity index is 445. The second-order valence-electron chi connectivity index (χ2n) is 4.85. The molecule has 1 aliphatic rings. The van der Waals surface area contributed by atoms with Gasteiger partial charge in [-0.05, 0) is 31.0 Å². The molecule has 0 aromatic heterocycles. The lowest BCUT2D eigenvalue weighted by Crippen LogP contribution is -2.33. The van der Waals surface area contributed by atoms with Crippen molar-refractivity contribution in [3.8, 4) is 0 Å². The fourth-order valence-electron chi connectivity index (χ4n) is 2.31. The lowest BCUT2D eigenvalue weighted by Gasteiger charge is -2.13. The number of carbonyl (C=O) groups is 1. The predicted molar refractivity (Wildman–Crippen MR) is 80.0 cm³/mol. The van der Waals surface area contributed by atoms with Gasteiger partial charge in [0.1, 0.15) is 0 Å². The Kier molecular flexibility index (Phi) is 5.34. The van der Waals surface area contributed by atoms with Gasteiger partial charge in [0, 0.05) is 24.0 Å². The van der Waals surface area contributed by atoms with Crippen LogP contribution in [0.2, 0.25) is 10.0 Å². The summed E-state index contributed by atoms with van der Waals surface area (Å²) in [5.74, 6) is 0.0950. The molecule has 0 heterocycles. The van der Waals surface area contributed by atoms with Gasteiger partial charge in [0.25, 0.3) is 0 Å². The molecule has 2 rings (SSSR count). The van der Waals surface area contributed by atoms with E-state index in [1.807, 2.05) is 0 Å². The average Bonchev–Trinajstić information content (AvgIpc) is 2.86. The third-order valence-electron chi connectivity index (χ3n) is 3.32. The summed E-state index contributed by atoms with van der Waals surface area (Å²) in [6.07, 6.45) is 5.11. The number of hydrogen-bond acceptors (Lipinski definition) is 2. The molecule has 1 aliphatic carbocycles. The van der Waals surface area contributed by atoms with E-state index >= 15 is 0 Å². The number of amides is 1. The summed E-state index contributed by atoms with van der Waals surface area (Å²) in [4.78, 5) is 11.7. The first kappa shape index (κ1) is 14.5. The standard InChI is InChI=1S/C14H18Cl2N2O/c15-10-5-6-12(16)13(9-10)17-8-7-14(19)18-11-3-1-2-4-11/h5-6,9,11,17H,1-4,7-8H2,(H,18,19). The Morgan fingerprint density at radius 3 is 2.74 bits per heavy atom. The molecule has 19 heavy (non-hydrogen) atoms. The monoisotopic (exact) mass is 300 g/mol. The zero-order valence-electron chi connectivity index (χ0n) is 10.7. The van der Waals surface area contributed by atoms with E-state index in [9.17, 15) is 4.79 Å². The zero-order valence-corrected chi connectivity index (χ0v) is 12.2. The quantitative estimate of drug-likeness (QED) is 0.867. The van der Waals surface area contributed by atoms with Crippen LogP contribution in [0, 0.1) is 0 Å². The maximum absolute atomic E-state index is 11.7. The molecule has 1 fully saturated rings. The van der Waals surface area contributed by atoms with Crippen LogP contribution in [0.4, 0.5) is 5.69 Å². The van der Waals surface area contributed by atoms with E-state index in [1.54, 1.807) is 18.2 Å². The molecule has 1 aromatic carbocycles. The smallest absolute Gasteiger partial charge is 0.221 e. The maximum atomic E-state index is 11.7. The predicted octanol–water partition coefficient (Wildman–Crippen LogP) is 3.85. The minimum absolute atomic E-state index is 0.0950. The van der Waals surface area contributed by atoms with Gasteiger partial charge in [-0.1, -0.05) is 36.0 Å². The van der Waals surface area contributed by atoms with Gasteiger partial charge in [-0.3, -0.25) is 4.79 Å². The molecule has 5 heteroatoms. The van der Waals surface area contributed by atoms with Crippen molar-refractivity contribution in [1.29, 1.82) is 0 Å². The summed E-state index contributed by atoms with van der Waals surface area (Å²) in [6, 6.07) is 5.62. The highest BCUT2D eigenvalue weighted by Gasteiger charge is 2.16. The lowest BCUT2D eigenvalue weighted by molar-refractivity contribution is -0.121. The van der Waals surface area contributed by atoms with Crippen LogP contribution in [0.5, 0.6) is 0 Å². The largest absolute Gasteiger partial charge is 0.383 e. The van der Waals surface area contributed by atoms with Crippen molar-refractivity contribution in [3.05, 3.63) is 28.2 Å². The van der Waals surface area contributed by atoms with E-state index in [-0.39, 0.29) is 5.91 Å². The normalized spacial score (nSPS) is 15.5. The summed E-state index contributed by atoms with van der Waals surface area (Å²) in [7, 11) is 0. The highest BCUT2D eigenvalue weighted by molar-refractivity contribution is 6.35. The van der Waals surface area contributed by atoms with E-state index in [4.69, 9.17) is 23.2 Å². The minimum atomic E-state index is 0.0950. The van der Waals surface area contributed by atoms with E-state index in [2.05, 4.69) is 10.6 Å². The Morgan fingerprint density at radius 2 is 2.00 bits per heavy atom. The highest BCUT2D eigenvalue weighted by atomic mass is 35.5. The average molecular weight is 301 g/mol. The molecule has 0 atom stereocenters. The third-order valence-corrected chi connectivity index (χ3v) is 3.88. The van der Waals surface area contributed by atoms with E-state index in [1.165, 1.54) is 12.8 Å². The molecule has 0 radical (unpaired) electrons. The van der Waals surface area contributed by atoms with Crippen LogP contribution < -0.4 is 10.6 Å². The van der Waals surface area contributed by atoms with Crippen LogP contribution >= 0.6 is 23.2 Å². The lowest BCUT2D eigenvalue weighted by atomic mass is 10.2. The van der Waals surface area contributed by atoms with E-state index in [0.29, 0.717) is 29.1 Å². The summed E-state index contributed by atoms with van der Waals surface area (Å²) in [5.41, 5.74) is 0.767. The van der Waals surface area contributed by atoms with Crippen molar-refractivity contribution in [1.82, 2.24) is 5.32 Å². The van der Waals surface area contributed by atoms with Crippen LogP contribution in [-0.2, 0) is 4.79 Å². The van der Waals surface area contributed by atoms with Crippen molar-refractivity contribution in [2.75, 3.05) is 11.9 Å². The first-order chi connectivity index (χ1) is 9.15. The highest BCUT2D eigenvalue weighted by Crippen LogP contribution is 2.25. The van der Waals surface area contributed by atoms with Gasteiger partial charge in [-0.2, -0.15) is 0 Å². The van der Waals surface area contributed by atoms with Crippen LogP contribution in [0.3, 0.4) is 0 Å². The number of nitrogens with one attached hydrogen (secondary N) is 2. The van der Waals surface area contributed by atoms with Crippen LogP contribution in [0.25, 0.3) is 0 Å². The van der Waals surface area contributed by atoms with Crippen molar-refractivity contribution >= 4 is 34.8 Å². The molecule has 2 N–H and O–H groups in total. The molecule has 104 valence electrons. The van der Waals surface area contributed by atoms with E-state index in [0.717, 1.165) is 18.5 Å². The first-order valence-corrected chi connectivity index (χ1v) is 7.39. The Balaban J connectivity index is 1.73. The number of benzene rings is 1. The van der Waals surface area contributed by atoms with Gasteiger partial charge in [-0.25, -0.2) is 0 Å². The Hall–Kier alpha value is -0.930. The summed E-state index contributed by atoms with van der Waals surface area (Å²) >= 11 is 11.9. The molecule has 0 aliphatic heterocycles. The molecule has 3 nitrogen and oxygen atoms in total. The molecular weight excluding hydrogens is 283 g/mol. The van der Waals surface area contributed by atoms with Crippen molar-refractivity contribution in [2.24, 2.45) is 0 Å². The van der Waals surface area contributed by atoms with Crippen molar-refractivity contribution < 1.29 is 4.79 Å². The topological polar surface area (TPSA) is 41.1 Å². The van der Waals surface area contributed by atoms with Crippen molar-refractivity contribution in [2.45, 2.75) is 38.1 Å². The van der Waals surface area contributed by atoms with Gasteiger partial charge in [-0.15, -0.1) is 0 Å². The Labute approximate surface area is 123 Å². The second-order valence-corrected chi connectivity index (χ2v) is 5.69. The number of anilines is 1. The SMILES string of the molecule is O=C(CCNc1cc(Cl)ccc1Cl)NC1CCCC1.